The number of hydrogen-bond donors (Lipinski definition) is 1. The maximum atomic E-state index is 5.58. The van der Waals surface area contributed by atoms with E-state index in [1.165, 1.54) is 70.8 Å². The maximum absolute atomic E-state index is 5.58. The SMILES string of the molecule is CCCCCCCCCCCCN1CCOCC1CNC. The van der Waals surface area contributed by atoms with E-state index in [0.29, 0.717) is 6.04 Å². The highest BCUT2D eigenvalue weighted by molar-refractivity contribution is 4.76. The second-order valence-corrected chi connectivity index (χ2v) is 6.50. The Kier molecular flexibility index (Phi) is 12.2. The second-order valence-electron chi connectivity index (χ2n) is 6.50. The molecule has 0 aromatic carbocycles. The van der Waals surface area contributed by atoms with Crippen molar-refractivity contribution in [2.45, 2.75) is 77.2 Å². The van der Waals surface area contributed by atoms with Gasteiger partial charge in [-0.3, -0.25) is 4.90 Å². The van der Waals surface area contributed by atoms with Gasteiger partial charge in [0.15, 0.2) is 0 Å². The Bertz CT molecular complexity index is 221. The van der Waals surface area contributed by atoms with Crippen LogP contribution in [0.3, 0.4) is 0 Å². The molecule has 0 radical (unpaired) electrons. The smallest absolute Gasteiger partial charge is 0.0634 e. The fourth-order valence-corrected chi connectivity index (χ4v) is 3.21. The molecular weight excluding hydrogens is 260 g/mol. The zero-order valence-corrected chi connectivity index (χ0v) is 14.5. The normalized spacial score (nSPS) is 20.0. The van der Waals surface area contributed by atoms with Crippen LogP contribution in [-0.2, 0) is 4.74 Å². The van der Waals surface area contributed by atoms with E-state index in [1.807, 2.05) is 7.05 Å². The lowest BCUT2D eigenvalue weighted by molar-refractivity contribution is -0.00681. The summed E-state index contributed by atoms with van der Waals surface area (Å²) in [6.45, 7) is 7.53. The van der Waals surface area contributed by atoms with Gasteiger partial charge in [-0.25, -0.2) is 0 Å². The molecular formula is C18H38N2O. The van der Waals surface area contributed by atoms with Crippen LogP contribution in [0.15, 0.2) is 0 Å². The van der Waals surface area contributed by atoms with Crippen molar-refractivity contribution in [1.82, 2.24) is 10.2 Å². The van der Waals surface area contributed by atoms with Crippen LogP contribution in [0, 0.1) is 0 Å². The average Bonchev–Trinajstić information content (AvgIpc) is 2.51. The minimum absolute atomic E-state index is 0.585. The highest BCUT2D eigenvalue weighted by Crippen LogP contribution is 2.12. The third kappa shape index (κ3) is 9.49. The lowest BCUT2D eigenvalue weighted by Crippen LogP contribution is -2.50. The Morgan fingerprint density at radius 2 is 1.57 bits per heavy atom. The molecule has 0 saturated carbocycles. The lowest BCUT2D eigenvalue weighted by atomic mass is 10.1. The van der Waals surface area contributed by atoms with E-state index in [9.17, 15) is 0 Å². The van der Waals surface area contributed by atoms with Crippen molar-refractivity contribution in [3.05, 3.63) is 0 Å². The Morgan fingerprint density at radius 1 is 0.952 bits per heavy atom. The summed E-state index contributed by atoms with van der Waals surface area (Å²) < 4.78 is 5.58. The van der Waals surface area contributed by atoms with Crippen molar-refractivity contribution >= 4 is 0 Å². The second kappa shape index (κ2) is 13.5. The molecule has 3 nitrogen and oxygen atoms in total. The molecule has 0 amide bonds. The van der Waals surface area contributed by atoms with E-state index < -0.39 is 0 Å². The summed E-state index contributed by atoms with van der Waals surface area (Å²) in [5.74, 6) is 0. The third-order valence-electron chi connectivity index (χ3n) is 4.59. The van der Waals surface area contributed by atoms with E-state index in [4.69, 9.17) is 4.74 Å². The van der Waals surface area contributed by atoms with Gasteiger partial charge in [0.05, 0.1) is 13.2 Å². The monoisotopic (exact) mass is 298 g/mol. The molecule has 1 saturated heterocycles. The van der Waals surface area contributed by atoms with Gasteiger partial charge in [-0.15, -0.1) is 0 Å². The van der Waals surface area contributed by atoms with Crippen LogP contribution in [0.5, 0.6) is 0 Å². The molecule has 1 aliphatic rings. The zero-order chi connectivity index (χ0) is 15.2. The number of nitrogens with zero attached hydrogens (tertiary/aromatic N) is 1. The Morgan fingerprint density at radius 3 is 2.19 bits per heavy atom. The fourth-order valence-electron chi connectivity index (χ4n) is 3.21. The lowest BCUT2D eigenvalue weighted by Gasteiger charge is -2.35. The van der Waals surface area contributed by atoms with Crippen LogP contribution in [0.25, 0.3) is 0 Å². The largest absolute Gasteiger partial charge is 0.378 e. The zero-order valence-electron chi connectivity index (χ0n) is 14.5. The van der Waals surface area contributed by atoms with Crippen molar-refractivity contribution in [2.75, 3.05) is 39.9 Å². The van der Waals surface area contributed by atoms with E-state index in [0.717, 1.165) is 26.3 Å². The first kappa shape index (κ1) is 18.9. The summed E-state index contributed by atoms with van der Waals surface area (Å²) >= 11 is 0. The van der Waals surface area contributed by atoms with Crippen LogP contribution in [0.4, 0.5) is 0 Å². The number of unbranched alkanes of at least 4 members (excludes halogenated alkanes) is 9. The molecule has 0 bridgehead atoms. The molecule has 0 aromatic rings. The molecule has 1 aliphatic heterocycles. The van der Waals surface area contributed by atoms with Crippen LogP contribution >= 0.6 is 0 Å². The summed E-state index contributed by atoms with van der Waals surface area (Å²) in [4.78, 5) is 2.62. The predicted octanol–water partition coefficient (Wildman–Crippen LogP) is 3.83. The van der Waals surface area contributed by atoms with Gasteiger partial charge in [-0.2, -0.15) is 0 Å². The molecule has 1 atom stereocenters. The molecule has 0 spiro atoms. The third-order valence-corrected chi connectivity index (χ3v) is 4.59. The molecule has 1 N–H and O–H groups in total. The van der Waals surface area contributed by atoms with Crippen LogP contribution in [0.2, 0.25) is 0 Å². The van der Waals surface area contributed by atoms with E-state index in [-0.39, 0.29) is 0 Å². The number of nitrogens with one attached hydrogen (secondary N) is 1. The molecule has 3 heteroatoms. The van der Waals surface area contributed by atoms with Crippen molar-refractivity contribution in [1.29, 1.82) is 0 Å². The van der Waals surface area contributed by atoms with Gasteiger partial charge in [0, 0.05) is 19.1 Å². The van der Waals surface area contributed by atoms with Crippen molar-refractivity contribution in [2.24, 2.45) is 0 Å². The highest BCUT2D eigenvalue weighted by Gasteiger charge is 2.21. The Labute approximate surface area is 132 Å². The summed E-state index contributed by atoms with van der Waals surface area (Å²) in [6.07, 6.45) is 14.2. The molecule has 126 valence electrons. The fraction of sp³-hybridized carbons (Fsp3) is 1.00. The summed E-state index contributed by atoms with van der Waals surface area (Å²) in [5, 5.41) is 3.28. The van der Waals surface area contributed by atoms with Crippen LogP contribution < -0.4 is 5.32 Å². The van der Waals surface area contributed by atoms with Gasteiger partial charge in [-0.05, 0) is 20.0 Å². The Balaban J connectivity index is 1.91. The summed E-state index contributed by atoms with van der Waals surface area (Å²) in [5.41, 5.74) is 0. The Hall–Kier alpha value is -0.120. The summed E-state index contributed by atoms with van der Waals surface area (Å²) in [6, 6.07) is 0.585. The standard InChI is InChI=1S/C18H38N2O/c1-3-4-5-6-7-8-9-10-11-12-13-20-14-15-21-17-18(20)16-19-2/h18-19H,3-17H2,1-2H3. The molecule has 21 heavy (non-hydrogen) atoms. The van der Waals surface area contributed by atoms with Crippen molar-refractivity contribution in [3.8, 4) is 0 Å². The first-order valence-corrected chi connectivity index (χ1v) is 9.35. The minimum Gasteiger partial charge on any atom is -0.378 e. The number of hydrogen-bond acceptors (Lipinski definition) is 3. The average molecular weight is 299 g/mol. The van der Waals surface area contributed by atoms with Gasteiger partial charge in [0.25, 0.3) is 0 Å². The molecule has 1 rings (SSSR count). The van der Waals surface area contributed by atoms with Gasteiger partial charge in [0.2, 0.25) is 0 Å². The molecule has 1 heterocycles. The van der Waals surface area contributed by atoms with E-state index in [1.54, 1.807) is 0 Å². The van der Waals surface area contributed by atoms with Crippen molar-refractivity contribution in [3.63, 3.8) is 0 Å². The first-order valence-electron chi connectivity index (χ1n) is 9.35. The first-order chi connectivity index (χ1) is 10.4. The molecule has 0 aromatic heterocycles. The van der Waals surface area contributed by atoms with Gasteiger partial charge in [-0.1, -0.05) is 64.7 Å². The van der Waals surface area contributed by atoms with Gasteiger partial charge >= 0.3 is 0 Å². The van der Waals surface area contributed by atoms with Crippen LogP contribution in [0.1, 0.15) is 71.1 Å². The van der Waals surface area contributed by atoms with Gasteiger partial charge < -0.3 is 10.1 Å². The van der Waals surface area contributed by atoms with E-state index >= 15 is 0 Å². The number of morpholine rings is 1. The summed E-state index contributed by atoms with van der Waals surface area (Å²) in [7, 11) is 2.04. The van der Waals surface area contributed by atoms with Crippen LogP contribution in [-0.4, -0.2) is 50.8 Å². The number of ether oxygens (including phenoxy) is 1. The topological polar surface area (TPSA) is 24.5 Å². The number of rotatable bonds is 13. The molecule has 0 aliphatic carbocycles. The highest BCUT2D eigenvalue weighted by atomic mass is 16.5. The quantitative estimate of drug-likeness (QED) is 0.523. The van der Waals surface area contributed by atoms with Crippen molar-refractivity contribution < 1.29 is 4.74 Å². The van der Waals surface area contributed by atoms with Gasteiger partial charge in [0.1, 0.15) is 0 Å². The minimum atomic E-state index is 0.585. The number of likely N-dealkylation sites (N-methyl/N-ethyl adjacent to an activating group) is 1. The predicted molar refractivity (Wildman–Crippen MR) is 92.0 cm³/mol. The maximum Gasteiger partial charge on any atom is 0.0634 e. The molecule has 1 fully saturated rings. The van der Waals surface area contributed by atoms with E-state index in [2.05, 4.69) is 17.1 Å². The molecule has 1 unspecified atom stereocenters.